The molecule has 1 amide bonds. The molecule has 0 fully saturated rings. The zero-order chi connectivity index (χ0) is 14.6. The van der Waals surface area contributed by atoms with Gasteiger partial charge >= 0.3 is 0 Å². The van der Waals surface area contributed by atoms with Crippen LogP contribution in [0.3, 0.4) is 0 Å². The van der Waals surface area contributed by atoms with Crippen molar-refractivity contribution in [1.82, 2.24) is 5.32 Å². The van der Waals surface area contributed by atoms with Gasteiger partial charge in [-0.3, -0.25) is 9.10 Å². The molecule has 0 aliphatic carbocycles. The number of para-hydroxylation sites is 1. The SMILES string of the molecule is CNC(=O)CN(c1ccccc1F)S(=O)(=O)C(C)C. The van der Waals surface area contributed by atoms with Crippen molar-refractivity contribution in [3.63, 3.8) is 0 Å². The summed E-state index contributed by atoms with van der Waals surface area (Å²) in [5, 5.41) is 1.58. The number of likely N-dealkylation sites (N-methyl/N-ethyl adjacent to an activating group) is 1. The fourth-order valence-corrected chi connectivity index (χ4v) is 2.66. The van der Waals surface area contributed by atoms with E-state index in [1.807, 2.05) is 0 Å². The van der Waals surface area contributed by atoms with E-state index in [4.69, 9.17) is 0 Å². The fourth-order valence-electron chi connectivity index (χ4n) is 1.43. The zero-order valence-electron chi connectivity index (χ0n) is 11.1. The van der Waals surface area contributed by atoms with E-state index in [-0.39, 0.29) is 5.69 Å². The minimum Gasteiger partial charge on any atom is -0.358 e. The lowest BCUT2D eigenvalue weighted by Crippen LogP contribution is -2.43. The lowest BCUT2D eigenvalue weighted by atomic mass is 10.3. The molecule has 0 spiro atoms. The van der Waals surface area contributed by atoms with Crippen LogP contribution in [0.5, 0.6) is 0 Å². The van der Waals surface area contributed by atoms with Crippen molar-refractivity contribution in [3.05, 3.63) is 30.1 Å². The van der Waals surface area contributed by atoms with Crippen LogP contribution in [-0.2, 0) is 14.8 Å². The van der Waals surface area contributed by atoms with Gasteiger partial charge in [0.1, 0.15) is 12.4 Å². The summed E-state index contributed by atoms with van der Waals surface area (Å²) in [7, 11) is -2.39. The number of halogens is 1. The van der Waals surface area contributed by atoms with Crippen molar-refractivity contribution in [2.24, 2.45) is 0 Å². The minimum atomic E-state index is -3.79. The lowest BCUT2D eigenvalue weighted by molar-refractivity contribution is -0.119. The number of benzene rings is 1. The number of rotatable bonds is 5. The molecule has 19 heavy (non-hydrogen) atoms. The number of nitrogens with one attached hydrogen (secondary N) is 1. The molecule has 0 aliphatic rings. The number of hydrogen-bond acceptors (Lipinski definition) is 3. The van der Waals surface area contributed by atoms with Gasteiger partial charge in [0.25, 0.3) is 0 Å². The molecular weight excluding hydrogens is 271 g/mol. The van der Waals surface area contributed by atoms with E-state index in [0.717, 1.165) is 10.4 Å². The molecule has 5 nitrogen and oxygen atoms in total. The van der Waals surface area contributed by atoms with Crippen LogP contribution in [0, 0.1) is 5.82 Å². The first-order valence-electron chi connectivity index (χ1n) is 5.77. The molecule has 0 aromatic heterocycles. The molecule has 1 N–H and O–H groups in total. The third-order valence-corrected chi connectivity index (χ3v) is 4.72. The van der Waals surface area contributed by atoms with Gasteiger partial charge in [-0.1, -0.05) is 12.1 Å². The van der Waals surface area contributed by atoms with Crippen molar-refractivity contribution in [1.29, 1.82) is 0 Å². The first kappa shape index (κ1) is 15.4. The van der Waals surface area contributed by atoms with Gasteiger partial charge in [0, 0.05) is 7.05 Å². The molecule has 0 unspecified atom stereocenters. The molecule has 0 saturated carbocycles. The van der Waals surface area contributed by atoms with E-state index in [1.54, 1.807) is 0 Å². The van der Waals surface area contributed by atoms with Crippen LogP contribution in [-0.4, -0.2) is 33.2 Å². The summed E-state index contributed by atoms with van der Waals surface area (Å²) in [4.78, 5) is 11.4. The van der Waals surface area contributed by atoms with E-state index in [9.17, 15) is 17.6 Å². The topological polar surface area (TPSA) is 66.5 Å². The van der Waals surface area contributed by atoms with Crippen LogP contribution in [0.4, 0.5) is 10.1 Å². The van der Waals surface area contributed by atoms with Crippen molar-refractivity contribution < 1.29 is 17.6 Å². The quantitative estimate of drug-likeness (QED) is 0.883. The molecule has 106 valence electrons. The predicted molar refractivity (Wildman–Crippen MR) is 71.9 cm³/mol. The Bertz CT molecular complexity index is 558. The maximum Gasteiger partial charge on any atom is 0.240 e. The van der Waals surface area contributed by atoms with E-state index < -0.39 is 33.5 Å². The molecular formula is C12H17FN2O3S. The number of amides is 1. The Hall–Kier alpha value is -1.63. The van der Waals surface area contributed by atoms with Crippen molar-refractivity contribution in [2.75, 3.05) is 17.9 Å². The van der Waals surface area contributed by atoms with Crippen molar-refractivity contribution >= 4 is 21.6 Å². The molecule has 0 heterocycles. The highest BCUT2D eigenvalue weighted by molar-refractivity contribution is 7.93. The van der Waals surface area contributed by atoms with Crippen molar-refractivity contribution in [2.45, 2.75) is 19.1 Å². The van der Waals surface area contributed by atoms with Crippen molar-refractivity contribution in [3.8, 4) is 0 Å². The van der Waals surface area contributed by atoms with Gasteiger partial charge in [-0.2, -0.15) is 0 Å². The smallest absolute Gasteiger partial charge is 0.240 e. The Morgan fingerprint density at radius 2 is 1.95 bits per heavy atom. The summed E-state index contributed by atoms with van der Waals surface area (Å²) in [5.41, 5.74) is -0.125. The van der Waals surface area contributed by atoms with Crippen LogP contribution < -0.4 is 9.62 Å². The second-order valence-corrected chi connectivity index (χ2v) is 6.64. The third-order valence-electron chi connectivity index (χ3n) is 2.59. The molecule has 1 aromatic rings. The summed E-state index contributed by atoms with van der Waals surface area (Å²) >= 11 is 0. The minimum absolute atomic E-state index is 0.125. The standard InChI is InChI=1S/C12H17FN2O3S/c1-9(2)19(17,18)15(8-12(16)14-3)11-7-5-4-6-10(11)13/h4-7,9H,8H2,1-3H3,(H,14,16). The molecule has 1 rings (SSSR count). The van der Waals surface area contributed by atoms with Crippen LogP contribution in [0.25, 0.3) is 0 Å². The Morgan fingerprint density at radius 3 is 2.42 bits per heavy atom. The number of sulfonamides is 1. The monoisotopic (exact) mass is 288 g/mol. The van der Waals surface area contributed by atoms with E-state index in [2.05, 4.69) is 5.32 Å². The lowest BCUT2D eigenvalue weighted by Gasteiger charge is -2.25. The average Bonchev–Trinajstić information content (AvgIpc) is 2.36. The highest BCUT2D eigenvalue weighted by atomic mass is 32.2. The fraction of sp³-hybridized carbons (Fsp3) is 0.417. The first-order valence-corrected chi connectivity index (χ1v) is 7.27. The van der Waals surface area contributed by atoms with E-state index in [1.165, 1.54) is 39.1 Å². The van der Waals surface area contributed by atoms with E-state index >= 15 is 0 Å². The van der Waals surface area contributed by atoms with Crippen LogP contribution in [0.2, 0.25) is 0 Å². The second-order valence-electron chi connectivity index (χ2n) is 4.22. The molecule has 0 atom stereocenters. The number of hydrogen-bond donors (Lipinski definition) is 1. The Kier molecular flexibility index (Phi) is 4.88. The summed E-state index contributed by atoms with van der Waals surface area (Å²) < 4.78 is 39.0. The number of carbonyl (C=O) groups excluding carboxylic acids is 1. The summed E-state index contributed by atoms with van der Waals surface area (Å²) in [6, 6.07) is 5.46. The van der Waals surface area contributed by atoms with Gasteiger partial charge in [-0.05, 0) is 26.0 Å². The van der Waals surface area contributed by atoms with Gasteiger partial charge in [0.15, 0.2) is 0 Å². The van der Waals surface area contributed by atoms with Crippen LogP contribution >= 0.6 is 0 Å². The first-order chi connectivity index (χ1) is 8.80. The van der Waals surface area contributed by atoms with Crippen LogP contribution in [0.15, 0.2) is 24.3 Å². The van der Waals surface area contributed by atoms with Gasteiger partial charge < -0.3 is 5.32 Å². The predicted octanol–water partition coefficient (Wildman–Crippen LogP) is 1.12. The van der Waals surface area contributed by atoms with Gasteiger partial charge in [0.2, 0.25) is 15.9 Å². The maximum atomic E-state index is 13.8. The largest absolute Gasteiger partial charge is 0.358 e. The summed E-state index contributed by atoms with van der Waals surface area (Å²) in [5.74, 6) is -1.19. The molecule has 0 saturated heterocycles. The number of carbonyl (C=O) groups is 1. The van der Waals surface area contributed by atoms with Gasteiger partial charge in [-0.25, -0.2) is 12.8 Å². The highest BCUT2D eigenvalue weighted by Gasteiger charge is 2.29. The highest BCUT2D eigenvalue weighted by Crippen LogP contribution is 2.23. The van der Waals surface area contributed by atoms with Crippen LogP contribution in [0.1, 0.15) is 13.8 Å². The number of nitrogens with zero attached hydrogens (tertiary/aromatic N) is 1. The molecule has 1 aromatic carbocycles. The Morgan fingerprint density at radius 1 is 1.37 bits per heavy atom. The average molecular weight is 288 g/mol. The molecule has 0 radical (unpaired) electrons. The van der Waals surface area contributed by atoms with Gasteiger partial charge in [0.05, 0.1) is 10.9 Å². The summed E-state index contributed by atoms with van der Waals surface area (Å²) in [6.45, 7) is 2.51. The van der Waals surface area contributed by atoms with E-state index in [0.29, 0.717) is 0 Å². The third kappa shape index (κ3) is 3.44. The number of anilines is 1. The normalized spacial score (nSPS) is 11.4. The second kappa shape index (κ2) is 6.01. The summed E-state index contributed by atoms with van der Waals surface area (Å²) in [6.07, 6.45) is 0. The molecule has 0 aliphatic heterocycles. The zero-order valence-corrected chi connectivity index (χ0v) is 11.9. The van der Waals surface area contributed by atoms with Gasteiger partial charge in [-0.15, -0.1) is 0 Å². The Labute approximate surface area is 112 Å². The maximum absolute atomic E-state index is 13.8. The molecule has 7 heteroatoms. The molecule has 0 bridgehead atoms. The Balaban J connectivity index is 3.29.